The van der Waals surface area contributed by atoms with E-state index in [1.165, 1.54) is 49.3 Å². The van der Waals surface area contributed by atoms with E-state index in [0.717, 1.165) is 27.1 Å². The molecule has 0 heterocycles. The summed E-state index contributed by atoms with van der Waals surface area (Å²) in [7, 11) is -3.34. The number of nitro benzene ring substituents is 1. The summed E-state index contributed by atoms with van der Waals surface area (Å²) in [5.74, 6) is -1.04. The summed E-state index contributed by atoms with van der Waals surface area (Å²) >= 11 is 6.35. The van der Waals surface area contributed by atoms with E-state index in [4.69, 9.17) is 16.3 Å². The fourth-order valence-electron chi connectivity index (χ4n) is 5.42. The molecule has 13 heteroatoms. The molecular formula is C37H41ClN4O7S. The number of nitro groups is 1. The van der Waals surface area contributed by atoms with E-state index in [0.29, 0.717) is 0 Å². The van der Waals surface area contributed by atoms with Crippen LogP contribution in [-0.2, 0) is 32.6 Å². The minimum Gasteiger partial charge on any atom is -0.495 e. The van der Waals surface area contributed by atoms with Crippen molar-refractivity contribution in [2.75, 3.05) is 18.0 Å². The minimum atomic E-state index is -4.68. The molecular weight excluding hydrogens is 680 g/mol. The van der Waals surface area contributed by atoms with E-state index in [1.807, 2.05) is 82.3 Å². The summed E-state index contributed by atoms with van der Waals surface area (Å²) in [4.78, 5) is 41.0. The van der Waals surface area contributed by atoms with Gasteiger partial charge in [0.1, 0.15) is 18.3 Å². The van der Waals surface area contributed by atoms with Crippen molar-refractivity contribution < 1.29 is 27.7 Å². The predicted octanol–water partition coefficient (Wildman–Crippen LogP) is 6.62. The molecule has 0 aliphatic rings. The quantitative estimate of drug-likeness (QED) is 0.121. The molecule has 0 spiro atoms. The number of ether oxygens (including phenoxy) is 1. The van der Waals surface area contributed by atoms with Gasteiger partial charge in [-0.3, -0.25) is 24.0 Å². The first-order valence-corrected chi connectivity index (χ1v) is 17.6. The number of rotatable bonds is 13. The van der Waals surface area contributed by atoms with Crippen LogP contribution in [0.4, 0.5) is 11.4 Å². The zero-order valence-electron chi connectivity index (χ0n) is 28.8. The van der Waals surface area contributed by atoms with Gasteiger partial charge in [-0.15, -0.1) is 0 Å². The molecule has 0 aromatic heterocycles. The molecule has 1 N–H and O–H groups in total. The number of halogens is 1. The van der Waals surface area contributed by atoms with E-state index < -0.39 is 55.5 Å². The average Bonchev–Trinajstić information content (AvgIpc) is 3.05. The molecule has 50 heavy (non-hydrogen) atoms. The number of carbonyl (C=O) groups excluding carboxylic acids is 2. The fourth-order valence-corrected chi connectivity index (χ4v) is 7.03. The second-order valence-electron chi connectivity index (χ2n) is 12.9. The van der Waals surface area contributed by atoms with E-state index >= 15 is 0 Å². The third kappa shape index (κ3) is 9.19. The van der Waals surface area contributed by atoms with Gasteiger partial charge < -0.3 is 15.0 Å². The van der Waals surface area contributed by atoms with Crippen LogP contribution in [0.25, 0.3) is 0 Å². The highest BCUT2D eigenvalue weighted by Gasteiger charge is 2.37. The molecule has 4 aromatic carbocycles. The topological polar surface area (TPSA) is 139 Å². The lowest BCUT2D eigenvalue weighted by Gasteiger charge is -2.35. The molecule has 4 aromatic rings. The molecule has 0 unspecified atom stereocenters. The highest BCUT2D eigenvalue weighted by Crippen LogP contribution is 2.36. The molecule has 0 bridgehead atoms. The minimum absolute atomic E-state index is 0.0167. The SMILES string of the molecule is COc1ccc(Cl)cc1N(CC(=O)N(Cc1ccccc1C)[C@@H](Cc1ccccc1)C(=O)NC(C)(C)C)S(=O)(=O)c1ccc(C)c([N+](=O)[O-])c1. The first kappa shape index (κ1) is 37.9. The van der Waals surface area contributed by atoms with Gasteiger partial charge in [0.2, 0.25) is 11.8 Å². The second kappa shape index (κ2) is 15.7. The molecule has 1 atom stereocenters. The Morgan fingerprint density at radius 1 is 0.940 bits per heavy atom. The standard InChI is InChI=1S/C37H41ClN4O7S/c1-25-12-10-11-15-28(25)23-40(33(36(44)39-37(3,4)5)20-27-13-8-7-9-14-27)35(43)24-41(32-21-29(38)17-19-34(32)49-6)50(47,48)30-18-16-26(2)31(22-30)42(45)46/h7-19,21-22,33H,20,23-24H2,1-6H3,(H,39,44)/t33-/m0/s1. The van der Waals surface area contributed by atoms with Crippen molar-refractivity contribution in [1.82, 2.24) is 10.2 Å². The van der Waals surface area contributed by atoms with Crippen LogP contribution in [0.15, 0.2) is 95.9 Å². The Labute approximate surface area is 298 Å². The van der Waals surface area contributed by atoms with Crippen molar-refractivity contribution in [2.24, 2.45) is 0 Å². The van der Waals surface area contributed by atoms with Crippen molar-refractivity contribution in [1.29, 1.82) is 0 Å². The van der Waals surface area contributed by atoms with E-state index in [9.17, 15) is 28.1 Å². The van der Waals surface area contributed by atoms with E-state index in [-0.39, 0.29) is 35.0 Å². The average molecular weight is 721 g/mol. The number of hydrogen-bond donors (Lipinski definition) is 1. The van der Waals surface area contributed by atoms with Crippen LogP contribution in [0.5, 0.6) is 5.75 Å². The zero-order chi connectivity index (χ0) is 36.8. The Morgan fingerprint density at radius 3 is 2.22 bits per heavy atom. The Bertz CT molecular complexity index is 1980. The predicted molar refractivity (Wildman–Crippen MR) is 194 cm³/mol. The fraction of sp³-hybridized carbons (Fsp3) is 0.297. The number of sulfonamides is 1. The Hall–Kier alpha value is -4.94. The van der Waals surface area contributed by atoms with Crippen LogP contribution in [0.3, 0.4) is 0 Å². The van der Waals surface area contributed by atoms with Crippen molar-refractivity contribution >= 4 is 44.8 Å². The number of benzene rings is 4. The maximum atomic E-state index is 14.8. The number of anilines is 1. The largest absolute Gasteiger partial charge is 0.495 e. The van der Waals surface area contributed by atoms with Gasteiger partial charge in [0.05, 0.1) is 22.6 Å². The third-order valence-corrected chi connectivity index (χ3v) is 10.0. The second-order valence-corrected chi connectivity index (χ2v) is 15.2. The normalized spacial score (nSPS) is 12.1. The van der Waals surface area contributed by atoms with Gasteiger partial charge in [-0.05, 0) is 75.6 Å². The van der Waals surface area contributed by atoms with Crippen LogP contribution in [-0.4, -0.2) is 55.3 Å². The molecule has 0 fully saturated rings. The van der Waals surface area contributed by atoms with Gasteiger partial charge in [-0.2, -0.15) is 0 Å². The van der Waals surface area contributed by atoms with Gasteiger partial charge in [0, 0.05) is 35.2 Å². The highest BCUT2D eigenvalue weighted by molar-refractivity contribution is 7.92. The van der Waals surface area contributed by atoms with Gasteiger partial charge >= 0.3 is 0 Å². The molecule has 264 valence electrons. The van der Waals surface area contributed by atoms with Crippen LogP contribution in [0.1, 0.15) is 43.0 Å². The first-order valence-electron chi connectivity index (χ1n) is 15.8. The number of hydrogen-bond acceptors (Lipinski definition) is 7. The van der Waals surface area contributed by atoms with Gasteiger partial charge in [0.15, 0.2) is 0 Å². The van der Waals surface area contributed by atoms with Crippen LogP contribution in [0, 0.1) is 24.0 Å². The number of carbonyl (C=O) groups is 2. The van der Waals surface area contributed by atoms with Crippen LogP contribution < -0.4 is 14.4 Å². The molecule has 0 aliphatic carbocycles. The van der Waals surface area contributed by atoms with Gasteiger partial charge in [-0.25, -0.2) is 8.42 Å². The van der Waals surface area contributed by atoms with Gasteiger partial charge in [0.25, 0.3) is 15.7 Å². The van der Waals surface area contributed by atoms with Gasteiger partial charge in [-0.1, -0.05) is 72.3 Å². The summed E-state index contributed by atoms with van der Waals surface area (Å²) in [6, 6.07) is 23.4. The molecule has 0 saturated heterocycles. The number of nitrogens with zero attached hydrogens (tertiary/aromatic N) is 3. The summed E-state index contributed by atoms with van der Waals surface area (Å²) in [6.07, 6.45) is 0.137. The molecule has 0 aliphatic heterocycles. The number of amides is 2. The zero-order valence-corrected chi connectivity index (χ0v) is 30.4. The smallest absolute Gasteiger partial charge is 0.273 e. The lowest BCUT2D eigenvalue weighted by molar-refractivity contribution is -0.385. The van der Waals surface area contributed by atoms with Crippen molar-refractivity contribution in [3.63, 3.8) is 0 Å². The number of nitrogens with one attached hydrogen (secondary N) is 1. The summed E-state index contributed by atoms with van der Waals surface area (Å²) in [5, 5.41) is 15.0. The lowest BCUT2D eigenvalue weighted by Crippen LogP contribution is -2.56. The van der Waals surface area contributed by atoms with Crippen LogP contribution >= 0.6 is 11.6 Å². The summed E-state index contributed by atoms with van der Waals surface area (Å²) in [6.45, 7) is 8.07. The van der Waals surface area contributed by atoms with E-state index in [2.05, 4.69) is 5.32 Å². The number of aryl methyl sites for hydroxylation is 2. The lowest BCUT2D eigenvalue weighted by atomic mass is 10.00. The molecule has 4 rings (SSSR count). The Balaban J connectivity index is 1.91. The summed E-state index contributed by atoms with van der Waals surface area (Å²) < 4.78 is 35.3. The number of methoxy groups -OCH3 is 1. The molecule has 0 radical (unpaired) electrons. The van der Waals surface area contributed by atoms with Crippen molar-refractivity contribution in [2.45, 2.75) is 64.1 Å². The maximum Gasteiger partial charge on any atom is 0.273 e. The van der Waals surface area contributed by atoms with Crippen molar-refractivity contribution in [3.05, 3.63) is 128 Å². The highest BCUT2D eigenvalue weighted by atomic mass is 35.5. The van der Waals surface area contributed by atoms with Crippen molar-refractivity contribution in [3.8, 4) is 5.75 Å². The third-order valence-electron chi connectivity index (χ3n) is 8.02. The Morgan fingerprint density at radius 2 is 1.60 bits per heavy atom. The molecule has 0 saturated carbocycles. The first-order chi connectivity index (χ1) is 23.5. The van der Waals surface area contributed by atoms with E-state index in [1.54, 1.807) is 0 Å². The summed E-state index contributed by atoms with van der Waals surface area (Å²) in [5.41, 5.74) is 1.56. The molecule has 11 nitrogen and oxygen atoms in total. The molecule has 2 amide bonds. The monoisotopic (exact) mass is 720 g/mol. The maximum absolute atomic E-state index is 14.8. The van der Waals surface area contributed by atoms with Crippen LogP contribution in [0.2, 0.25) is 5.02 Å². The Kier molecular flexibility index (Phi) is 11.9.